The molecule has 2 aromatic rings. The number of methoxy groups -OCH3 is 1. The van der Waals surface area contributed by atoms with Crippen molar-refractivity contribution in [2.24, 2.45) is 5.92 Å². The van der Waals surface area contributed by atoms with Gasteiger partial charge in [0, 0.05) is 35.7 Å². The average molecular weight is 535 g/mol. The van der Waals surface area contributed by atoms with Crippen molar-refractivity contribution in [1.29, 1.82) is 0 Å². The normalized spacial score (nSPS) is 23.4. The van der Waals surface area contributed by atoms with Gasteiger partial charge in [-0.1, -0.05) is 36.2 Å². The molecule has 2 aliphatic carbocycles. The number of hydrogen-bond acceptors (Lipinski definition) is 7. The van der Waals surface area contributed by atoms with E-state index in [0.29, 0.717) is 34.5 Å². The molecule has 0 radical (unpaired) electrons. The molecule has 3 N–H and O–H groups in total. The maximum Gasteiger partial charge on any atom is 0.247 e. The number of aliphatic hydroxyl groups excluding tert-OH is 2. The molecule has 0 bridgehead atoms. The van der Waals surface area contributed by atoms with E-state index in [2.05, 4.69) is 5.32 Å². The van der Waals surface area contributed by atoms with Gasteiger partial charge in [-0.15, -0.1) is 0 Å². The topological polar surface area (TPSA) is 125 Å². The van der Waals surface area contributed by atoms with Crippen LogP contribution in [0.2, 0.25) is 0 Å². The molecular weight excluding hydrogens is 500 g/mol. The second kappa shape index (κ2) is 11.2. The number of aliphatic hydroxyl groups is 2. The summed E-state index contributed by atoms with van der Waals surface area (Å²) < 4.78 is 11.7. The van der Waals surface area contributed by atoms with E-state index in [0.717, 1.165) is 30.4 Å². The number of aryl methyl sites for hydroxylation is 1. The number of rotatable bonds is 9. The number of fused-ring (bicyclic) bond motifs is 3. The van der Waals surface area contributed by atoms with Crippen molar-refractivity contribution in [1.82, 2.24) is 10.2 Å². The van der Waals surface area contributed by atoms with Crippen molar-refractivity contribution in [3.05, 3.63) is 70.3 Å². The molecule has 4 unspecified atom stereocenters. The average Bonchev–Trinajstić information content (AvgIpc) is 3.30. The first-order chi connectivity index (χ1) is 18.9. The molecule has 1 saturated carbocycles. The van der Waals surface area contributed by atoms with E-state index in [9.17, 15) is 24.6 Å². The van der Waals surface area contributed by atoms with Gasteiger partial charge < -0.3 is 29.9 Å². The predicted molar refractivity (Wildman–Crippen MR) is 143 cm³/mol. The Morgan fingerprint density at radius 2 is 1.95 bits per heavy atom. The van der Waals surface area contributed by atoms with Crippen LogP contribution in [0.1, 0.15) is 52.2 Å². The molecule has 2 aromatic carbocycles. The van der Waals surface area contributed by atoms with Crippen LogP contribution < -0.4 is 14.8 Å². The lowest BCUT2D eigenvalue weighted by atomic mass is 9.76. The second-order valence-corrected chi connectivity index (χ2v) is 10.5. The summed E-state index contributed by atoms with van der Waals surface area (Å²) in [5.41, 5.74) is 3.22. The van der Waals surface area contributed by atoms with E-state index in [1.165, 1.54) is 7.11 Å². The van der Waals surface area contributed by atoms with Crippen molar-refractivity contribution in [3.63, 3.8) is 0 Å². The van der Waals surface area contributed by atoms with Crippen LogP contribution >= 0.6 is 0 Å². The monoisotopic (exact) mass is 534 g/mol. The van der Waals surface area contributed by atoms with Crippen LogP contribution in [0.3, 0.4) is 0 Å². The zero-order chi connectivity index (χ0) is 27.7. The van der Waals surface area contributed by atoms with Gasteiger partial charge in [-0.05, 0) is 43.5 Å². The molecule has 2 amide bonds. The number of carbonyl (C=O) groups is 3. The Kier molecular flexibility index (Phi) is 7.72. The van der Waals surface area contributed by atoms with E-state index >= 15 is 0 Å². The molecule has 1 fully saturated rings. The predicted octanol–water partition coefficient (Wildman–Crippen LogP) is 2.27. The maximum absolute atomic E-state index is 13.7. The highest BCUT2D eigenvalue weighted by molar-refractivity contribution is 5.96. The smallest absolute Gasteiger partial charge is 0.247 e. The Balaban J connectivity index is 1.59. The highest BCUT2D eigenvalue weighted by Gasteiger charge is 2.52. The van der Waals surface area contributed by atoms with Crippen LogP contribution in [0.15, 0.2) is 48.0 Å². The lowest BCUT2D eigenvalue weighted by Gasteiger charge is -2.42. The summed E-state index contributed by atoms with van der Waals surface area (Å²) >= 11 is 0. The zero-order valence-electron chi connectivity index (χ0n) is 22.1. The lowest BCUT2D eigenvalue weighted by molar-refractivity contribution is -0.145. The summed E-state index contributed by atoms with van der Waals surface area (Å²) in [7, 11) is 1.46. The summed E-state index contributed by atoms with van der Waals surface area (Å²) in [5, 5.41) is 23.8. The minimum Gasteiger partial charge on any atom is -0.493 e. The summed E-state index contributed by atoms with van der Waals surface area (Å²) in [6.45, 7) is 2.06. The van der Waals surface area contributed by atoms with Gasteiger partial charge in [0.05, 0.1) is 25.7 Å². The quantitative estimate of drug-likeness (QED) is 0.422. The summed E-state index contributed by atoms with van der Waals surface area (Å²) in [6.07, 6.45) is 2.86. The molecule has 9 nitrogen and oxygen atoms in total. The van der Waals surface area contributed by atoms with E-state index in [1.807, 2.05) is 31.2 Å². The summed E-state index contributed by atoms with van der Waals surface area (Å²) in [6, 6.07) is 10.2. The van der Waals surface area contributed by atoms with Gasteiger partial charge in [0.2, 0.25) is 11.8 Å². The summed E-state index contributed by atoms with van der Waals surface area (Å²) in [5.74, 6) is -0.642. The first-order valence-electron chi connectivity index (χ1n) is 13.3. The lowest BCUT2D eigenvalue weighted by Crippen LogP contribution is -2.56. The first kappa shape index (κ1) is 26.9. The Morgan fingerprint density at radius 3 is 2.56 bits per heavy atom. The van der Waals surface area contributed by atoms with Crippen molar-refractivity contribution < 1.29 is 34.1 Å². The Bertz CT molecular complexity index is 1280. The van der Waals surface area contributed by atoms with Crippen LogP contribution in [0.25, 0.3) is 0 Å². The molecule has 206 valence electrons. The zero-order valence-corrected chi connectivity index (χ0v) is 22.1. The molecule has 1 aliphatic heterocycles. The SMILES string of the molecule is COc1cc(C=O)cc2c1OC1C2C(C(=O)NCCO)=CC(N(Cc2ccc(C)cc2)C(=O)C2CCC2)C1O. The van der Waals surface area contributed by atoms with Crippen molar-refractivity contribution in [3.8, 4) is 11.5 Å². The van der Waals surface area contributed by atoms with E-state index in [4.69, 9.17) is 9.47 Å². The Hall–Kier alpha value is -3.69. The number of nitrogens with zero attached hydrogens (tertiary/aromatic N) is 1. The number of benzene rings is 2. The molecule has 9 heteroatoms. The summed E-state index contributed by atoms with van der Waals surface area (Å²) in [4.78, 5) is 40.5. The van der Waals surface area contributed by atoms with Crippen LogP contribution in [-0.2, 0) is 16.1 Å². The number of amides is 2. The van der Waals surface area contributed by atoms with Gasteiger partial charge in [-0.2, -0.15) is 0 Å². The fourth-order valence-corrected chi connectivity index (χ4v) is 5.67. The van der Waals surface area contributed by atoms with Gasteiger partial charge in [0.1, 0.15) is 18.5 Å². The van der Waals surface area contributed by atoms with Crippen LogP contribution in [-0.4, -0.2) is 71.7 Å². The van der Waals surface area contributed by atoms with Crippen LogP contribution in [0.5, 0.6) is 11.5 Å². The van der Waals surface area contributed by atoms with E-state index < -0.39 is 30.1 Å². The highest BCUT2D eigenvalue weighted by Crippen LogP contribution is 2.51. The number of aldehydes is 1. The third-order valence-electron chi connectivity index (χ3n) is 7.98. The molecule has 5 rings (SSSR count). The van der Waals surface area contributed by atoms with E-state index in [-0.39, 0.29) is 31.5 Å². The Labute approximate surface area is 227 Å². The largest absolute Gasteiger partial charge is 0.493 e. The molecule has 39 heavy (non-hydrogen) atoms. The minimum atomic E-state index is -1.16. The molecule has 1 heterocycles. The van der Waals surface area contributed by atoms with Gasteiger partial charge in [0.25, 0.3) is 0 Å². The first-order valence-corrected chi connectivity index (χ1v) is 13.3. The van der Waals surface area contributed by atoms with Gasteiger partial charge in [0.15, 0.2) is 11.5 Å². The number of nitrogens with one attached hydrogen (secondary N) is 1. The molecular formula is C30H34N2O7. The van der Waals surface area contributed by atoms with Crippen LogP contribution in [0.4, 0.5) is 0 Å². The van der Waals surface area contributed by atoms with Crippen LogP contribution in [0, 0.1) is 12.8 Å². The third-order valence-corrected chi connectivity index (χ3v) is 7.98. The maximum atomic E-state index is 13.7. The van der Waals surface area contributed by atoms with Crippen molar-refractivity contribution in [2.75, 3.05) is 20.3 Å². The molecule has 0 aromatic heterocycles. The third kappa shape index (κ3) is 5.04. The fourth-order valence-electron chi connectivity index (χ4n) is 5.67. The van der Waals surface area contributed by atoms with Gasteiger partial charge >= 0.3 is 0 Å². The van der Waals surface area contributed by atoms with Gasteiger partial charge in [-0.25, -0.2) is 0 Å². The molecule has 4 atom stereocenters. The number of ether oxygens (including phenoxy) is 2. The standard InChI is InChI=1S/C30H34N2O7/c1-17-6-8-18(9-7-17)15-32(30(37)20-4-3-5-20)23-14-22(29(36)31-10-11-33)25-21-12-19(16-34)13-24(38-2)27(21)39-28(25)26(23)35/h6-9,12-14,16,20,23,25-26,28,33,35H,3-5,10-11,15H2,1-2H3,(H,31,36). The molecule has 0 saturated heterocycles. The fraction of sp³-hybridized carbons (Fsp3) is 0.433. The van der Waals surface area contributed by atoms with Crippen molar-refractivity contribution >= 4 is 18.1 Å². The van der Waals surface area contributed by atoms with E-state index in [1.54, 1.807) is 23.1 Å². The minimum absolute atomic E-state index is 0.0419. The van der Waals surface area contributed by atoms with Crippen molar-refractivity contribution in [2.45, 2.75) is 56.9 Å². The number of hydrogen-bond donors (Lipinski definition) is 3. The van der Waals surface area contributed by atoms with Gasteiger partial charge in [-0.3, -0.25) is 14.4 Å². The Morgan fingerprint density at radius 1 is 1.21 bits per heavy atom. The number of carbonyl (C=O) groups excluding carboxylic acids is 3. The highest BCUT2D eigenvalue weighted by atomic mass is 16.5. The molecule has 3 aliphatic rings. The molecule has 0 spiro atoms. The second-order valence-electron chi connectivity index (χ2n) is 10.5.